The molecular weight excluding hydrogens is 204 g/mol. The van der Waals surface area contributed by atoms with Gasteiger partial charge in [0, 0.05) is 4.88 Å². The molecule has 1 unspecified atom stereocenters. The summed E-state index contributed by atoms with van der Waals surface area (Å²) in [5.41, 5.74) is 7.25. The van der Waals surface area contributed by atoms with E-state index in [1.54, 1.807) is 11.3 Å². The van der Waals surface area contributed by atoms with Crippen molar-refractivity contribution >= 4 is 11.3 Å². The molecule has 0 aliphatic carbocycles. The minimum Gasteiger partial charge on any atom is -0.322 e. The number of hydrogen-bond acceptors (Lipinski definition) is 3. The van der Waals surface area contributed by atoms with Crippen LogP contribution in [-0.4, -0.2) is 4.98 Å². The van der Waals surface area contributed by atoms with E-state index in [0.29, 0.717) is 0 Å². The Morgan fingerprint density at radius 2 is 2.00 bits per heavy atom. The van der Waals surface area contributed by atoms with Crippen LogP contribution in [0.1, 0.15) is 60.6 Å². The summed E-state index contributed by atoms with van der Waals surface area (Å²) in [4.78, 5) is 5.80. The molecule has 0 spiro atoms. The van der Waals surface area contributed by atoms with Crippen molar-refractivity contribution in [2.45, 2.75) is 58.9 Å². The fourth-order valence-corrected chi connectivity index (χ4v) is 2.53. The van der Waals surface area contributed by atoms with Crippen molar-refractivity contribution in [2.24, 2.45) is 5.73 Å². The highest BCUT2D eigenvalue weighted by Crippen LogP contribution is 2.24. The first-order valence-corrected chi connectivity index (χ1v) is 6.66. The molecular formula is C12H22N2S. The van der Waals surface area contributed by atoms with Crippen molar-refractivity contribution in [3.8, 4) is 0 Å². The van der Waals surface area contributed by atoms with E-state index >= 15 is 0 Å². The zero-order valence-electron chi connectivity index (χ0n) is 10.0. The van der Waals surface area contributed by atoms with Crippen LogP contribution in [0, 0.1) is 13.8 Å². The Kier molecular flexibility index (Phi) is 5.26. The zero-order chi connectivity index (χ0) is 11.3. The van der Waals surface area contributed by atoms with E-state index in [1.165, 1.54) is 30.6 Å². The minimum atomic E-state index is 0.152. The van der Waals surface area contributed by atoms with Crippen LogP contribution in [0.3, 0.4) is 0 Å². The van der Waals surface area contributed by atoms with E-state index in [0.717, 1.165) is 17.1 Å². The average molecular weight is 226 g/mol. The second-order valence-electron chi connectivity index (χ2n) is 4.15. The van der Waals surface area contributed by atoms with E-state index in [-0.39, 0.29) is 6.04 Å². The van der Waals surface area contributed by atoms with Gasteiger partial charge in [-0.1, -0.05) is 32.6 Å². The molecule has 0 aliphatic heterocycles. The summed E-state index contributed by atoms with van der Waals surface area (Å²) in [6.07, 6.45) is 6.21. The molecule has 0 amide bonds. The molecule has 0 saturated heterocycles. The molecule has 1 aromatic rings. The highest BCUT2D eigenvalue weighted by atomic mass is 32.1. The van der Waals surface area contributed by atoms with E-state index in [4.69, 9.17) is 5.73 Å². The number of nitrogens with zero attached hydrogens (tertiary/aromatic N) is 1. The predicted molar refractivity (Wildman–Crippen MR) is 67.3 cm³/mol. The average Bonchev–Trinajstić information content (AvgIpc) is 2.54. The van der Waals surface area contributed by atoms with Crippen LogP contribution in [0.15, 0.2) is 0 Å². The first-order chi connectivity index (χ1) is 7.15. The molecule has 15 heavy (non-hydrogen) atoms. The van der Waals surface area contributed by atoms with E-state index in [1.807, 2.05) is 0 Å². The molecule has 0 aromatic carbocycles. The fourth-order valence-electron chi connectivity index (χ4n) is 1.57. The lowest BCUT2D eigenvalue weighted by molar-refractivity contribution is 0.564. The van der Waals surface area contributed by atoms with Gasteiger partial charge in [-0.15, -0.1) is 11.3 Å². The largest absolute Gasteiger partial charge is 0.322 e. The van der Waals surface area contributed by atoms with Gasteiger partial charge in [0.05, 0.1) is 11.7 Å². The highest BCUT2D eigenvalue weighted by Gasteiger charge is 2.11. The predicted octanol–water partition coefficient (Wildman–Crippen LogP) is 3.73. The summed E-state index contributed by atoms with van der Waals surface area (Å²) in [7, 11) is 0. The number of hydrogen-bond donors (Lipinski definition) is 1. The molecule has 0 radical (unpaired) electrons. The summed E-state index contributed by atoms with van der Waals surface area (Å²) in [5.74, 6) is 0. The molecule has 86 valence electrons. The molecule has 1 rings (SSSR count). The van der Waals surface area contributed by atoms with Crippen LogP contribution in [0.25, 0.3) is 0 Å². The second kappa shape index (κ2) is 6.23. The van der Waals surface area contributed by atoms with Crippen molar-refractivity contribution < 1.29 is 0 Å². The maximum Gasteiger partial charge on any atom is 0.110 e. The summed E-state index contributed by atoms with van der Waals surface area (Å²) in [6.45, 7) is 6.40. The van der Waals surface area contributed by atoms with Gasteiger partial charge in [-0.2, -0.15) is 0 Å². The van der Waals surface area contributed by atoms with E-state index in [9.17, 15) is 0 Å². The Morgan fingerprint density at radius 1 is 1.27 bits per heavy atom. The SMILES string of the molecule is CCCCCCC(N)c1nc(C)c(C)s1. The molecule has 1 aromatic heterocycles. The van der Waals surface area contributed by atoms with Gasteiger partial charge >= 0.3 is 0 Å². The van der Waals surface area contributed by atoms with Crippen LogP contribution in [0.5, 0.6) is 0 Å². The summed E-state index contributed by atoms with van der Waals surface area (Å²) in [5, 5.41) is 1.11. The maximum atomic E-state index is 6.11. The lowest BCUT2D eigenvalue weighted by Crippen LogP contribution is -2.09. The van der Waals surface area contributed by atoms with Crippen molar-refractivity contribution in [1.29, 1.82) is 0 Å². The number of thiazole rings is 1. The number of aryl methyl sites for hydroxylation is 2. The molecule has 1 atom stereocenters. The smallest absolute Gasteiger partial charge is 0.110 e. The lowest BCUT2D eigenvalue weighted by atomic mass is 10.1. The quantitative estimate of drug-likeness (QED) is 0.751. The van der Waals surface area contributed by atoms with Gasteiger partial charge in [0.2, 0.25) is 0 Å². The van der Waals surface area contributed by atoms with Gasteiger partial charge in [-0.05, 0) is 20.3 Å². The van der Waals surface area contributed by atoms with Crippen LogP contribution in [-0.2, 0) is 0 Å². The molecule has 2 N–H and O–H groups in total. The van der Waals surface area contributed by atoms with Crippen LogP contribution >= 0.6 is 11.3 Å². The highest BCUT2D eigenvalue weighted by molar-refractivity contribution is 7.11. The third-order valence-electron chi connectivity index (χ3n) is 2.73. The van der Waals surface area contributed by atoms with E-state index < -0.39 is 0 Å². The molecule has 0 fully saturated rings. The van der Waals surface area contributed by atoms with Gasteiger partial charge in [0.25, 0.3) is 0 Å². The monoisotopic (exact) mass is 226 g/mol. The molecule has 3 heteroatoms. The topological polar surface area (TPSA) is 38.9 Å². The number of rotatable bonds is 6. The first-order valence-electron chi connectivity index (χ1n) is 5.84. The van der Waals surface area contributed by atoms with Gasteiger partial charge in [0.1, 0.15) is 5.01 Å². The van der Waals surface area contributed by atoms with Gasteiger partial charge in [0.15, 0.2) is 0 Å². The number of nitrogens with two attached hydrogens (primary N) is 1. The third-order valence-corrected chi connectivity index (χ3v) is 3.94. The van der Waals surface area contributed by atoms with Crippen molar-refractivity contribution in [2.75, 3.05) is 0 Å². The molecule has 1 heterocycles. The Hall–Kier alpha value is -0.410. The van der Waals surface area contributed by atoms with Gasteiger partial charge < -0.3 is 5.73 Å². The standard InChI is InChI=1S/C12H22N2S/c1-4-5-6-7-8-11(13)12-14-9(2)10(3)15-12/h11H,4-8,13H2,1-3H3. The van der Waals surface area contributed by atoms with E-state index in [2.05, 4.69) is 25.8 Å². The summed E-state index contributed by atoms with van der Waals surface area (Å²) >= 11 is 1.75. The minimum absolute atomic E-state index is 0.152. The van der Waals surface area contributed by atoms with Crippen molar-refractivity contribution in [3.63, 3.8) is 0 Å². The number of unbranched alkanes of at least 4 members (excludes halogenated alkanes) is 3. The van der Waals surface area contributed by atoms with Crippen molar-refractivity contribution in [3.05, 3.63) is 15.6 Å². The third kappa shape index (κ3) is 3.92. The van der Waals surface area contributed by atoms with Gasteiger partial charge in [-0.3, -0.25) is 0 Å². The normalized spacial score (nSPS) is 13.1. The summed E-state index contributed by atoms with van der Waals surface area (Å²) in [6, 6.07) is 0.152. The number of aromatic nitrogens is 1. The molecule has 0 aliphatic rings. The molecule has 0 saturated carbocycles. The lowest BCUT2D eigenvalue weighted by Gasteiger charge is -2.07. The van der Waals surface area contributed by atoms with Crippen LogP contribution in [0.4, 0.5) is 0 Å². The van der Waals surface area contributed by atoms with Crippen molar-refractivity contribution in [1.82, 2.24) is 4.98 Å². The second-order valence-corrected chi connectivity index (χ2v) is 5.38. The fraction of sp³-hybridized carbons (Fsp3) is 0.750. The van der Waals surface area contributed by atoms with Gasteiger partial charge in [-0.25, -0.2) is 4.98 Å². The Labute approximate surface area is 96.9 Å². The maximum absolute atomic E-state index is 6.11. The Balaban J connectivity index is 2.36. The van der Waals surface area contributed by atoms with Crippen LogP contribution < -0.4 is 5.73 Å². The zero-order valence-corrected chi connectivity index (χ0v) is 10.9. The first kappa shape index (κ1) is 12.7. The van der Waals surface area contributed by atoms with Crippen LogP contribution in [0.2, 0.25) is 0 Å². The Morgan fingerprint density at radius 3 is 2.53 bits per heavy atom. The Bertz CT molecular complexity index is 274. The summed E-state index contributed by atoms with van der Waals surface area (Å²) < 4.78 is 0. The molecule has 0 bridgehead atoms. The molecule has 2 nitrogen and oxygen atoms in total.